The number of hydrogen-bond acceptors (Lipinski definition) is 4. The highest BCUT2D eigenvalue weighted by atomic mass is 32.2. The molecule has 2 aromatic carbocycles. The fourth-order valence-corrected chi connectivity index (χ4v) is 4.61. The first kappa shape index (κ1) is 24.7. The summed E-state index contributed by atoms with van der Waals surface area (Å²) in [5, 5.41) is 2.94. The van der Waals surface area contributed by atoms with Crippen molar-refractivity contribution in [1.82, 2.24) is 5.32 Å². The first-order valence-electron chi connectivity index (χ1n) is 10.9. The van der Waals surface area contributed by atoms with Crippen molar-refractivity contribution in [2.45, 2.75) is 52.5 Å². The van der Waals surface area contributed by atoms with Gasteiger partial charge in [0.15, 0.2) is 0 Å². The Morgan fingerprint density at radius 3 is 2.19 bits per heavy atom. The van der Waals surface area contributed by atoms with Crippen LogP contribution in [0.25, 0.3) is 0 Å². The van der Waals surface area contributed by atoms with Crippen LogP contribution >= 0.6 is 0 Å². The van der Waals surface area contributed by atoms with Gasteiger partial charge in [-0.3, -0.25) is 9.10 Å². The summed E-state index contributed by atoms with van der Waals surface area (Å²) in [6.07, 6.45) is 5.39. The molecule has 0 heterocycles. The van der Waals surface area contributed by atoms with Crippen LogP contribution in [0.15, 0.2) is 54.6 Å². The number of hydrogen-bond donors (Lipinski definition) is 1. The van der Waals surface area contributed by atoms with E-state index in [4.69, 9.17) is 4.74 Å². The van der Waals surface area contributed by atoms with Gasteiger partial charge in [0.1, 0.15) is 17.5 Å². The lowest BCUT2D eigenvalue weighted by Crippen LogP contribution is -2.48. The summed E-state index contributed by atoms with van der Waals surface area (Å²) in [6.45, 7) is 6.42. The van der Waals surface area contributed by atoms with Crippen LogP contribution in [-0.2, 0) is 14.8 Å². The molecule has 0 unspecified atom stereocenters. The number of benzene rings is 2. The van der Waals surface area contributed by atoms with E-state index in [9.17, 15) is 13.2 Å². The van der Waals surface area contributed by atoms with Crippen LogP contribution in [0.4, 0.5) is 5.69 Å². The van der Waals surface area contributed by atoms with Crippen LogP contribution < -0.4 is 14.4 Å². The van der Waals surface area contributed by atoms with Crippen molar-refractivity contribution in [3.63, 3.8) is 0 Å². The van der Waals surface area contributed by atoms with E-state index in [0.29, 0.717) is 29.6 Å². The monoisotopic (exact) mass is 446 g/mol. The van der Waals surface area contributed by atoms with E-state index < -0.39 is 16.1 Å². The molecular formula is C24H34N2O4S. The third kappa shape index (κ3) is 7.58. The second-order valence-corrected chi connectivity index (χ2v) is 9.66. The Kier molecular flexibility index (Phi) is 9.37. The minimum absolute atomic E-state index is 0.301. The maximum absolute atomic E-state index is 12.8. The Labute approximate surface area is 186 Å². The largest absolute Gasteiger partial charge is 0.457 e. The van der Waals surface area contributed by atoms with Gasteiger partial charge in [-0.1, -0.05) is 51.3 Å². The summed E-state index contributed by atoms with van der Waals surface area (Å²) in [7, 11) is -3.66. The number of ether oxygens (including phenoxy) is 1. The molecule has 0 saturated carbocycles. The standard InChI is InChI=1S/C24H34N2O4S/c1-5-7-11-20(6-2)18-25-24(27)19(3)26(31(4,28)29)21-14-16-23(17-15-21)30-22-12-9-8-10-13-22/h8-10,12-17,19-20H,5-7,11,18H2,1-4H3,(H,25,27)/t19-,20+/m0/s1. The van der Waals surface area contributed by atoms with E-state index in [0.717, 1.165) is 36.2 Å². The molecule has 6 nitrogen and oxygen atoms in total. The molecule has 2 atom stereocenters. The van der Waals surface area contributed by atoms with Crippen LogP contribution in [0.3, 0.4) is 0 Å². The van der Waals surface area contributed by atoms with Gasteiger partial charge in [-0.05, 0) is 55.7 Å². The first-order valence-corrected chi connectivity index (χ1v) is 12.7. The molecule has 1 amide bonds. The highest BCUT2D eigenvalue weighted by Crippen LogP contribution is 2.27. The molecule has 7 heteroatoms. The number of unbranched alkanes of at least 4 members (excludes halogenated alkanes) is 1. The van der Waals surface area contributed by atoms with Gasteiger partial charge in [0.2, 0.25) is 15.9 Å². The third-order valence-corrected chi connectivity index (χ3v) is 6.51. The SMILES string of the molecule is CCCC[C@@H](CC)CNC(=O)[C@H](C)N(c1ccc(Oc2ccccc2)cc1)S(C)(=O)=O. The first-order chi connectivity index (χ1) is 14.8. The molecule has 0 aliphatic rings. The smallest absolute Gasteiger partial charge is 0.243 e. The lowest BCUT2D eigenvalue weighted by atomic mass is 9.99. The number of rotatable bonds is 12. The fourth-order valence-electron chi connectivity index (χ4n) is 3.43. The number of nitrogens with zero attached hydrogens (tertiary/aromatic N) is 1. The Hall–Kier alpha value is -2.54. The highest BCUT2D eigenvalue weighted by Gasteiger charge is 2.29. The number of amides is 1. The van der Waals surface area contributed by atoms with Crippen molar-refractivity contribution in [2.75, 3.05) is 17.1 Å². The number of sulfonamides is 1. The van der Waals surface area contributed by atoms with E-state index >= 15 is 0 Å². The van der Waals surface area contributed by atoms with Crippen molar-refractivity contribution in [1.29, 1.82) is 0 Å². The van der Waals surface area contributed by atoms with Crippen LogP contribution in [0.2, 0.25) is 0 Å². The molecule has 0 bridgehead atoms. The molecule has 0 aliphatic carbocycles. The van der Waals surface area contributed by atoms with E-state index in [1.807, 2.05) is 30.3 Å². The maximum atomic E-state index is 12.8. The molecule has 2 aromatic rings. The lowest BCUT2D eigenvalue weighted by Gasteiger charge is -2.29. The normalized spacial score (nSPS) is 13.3. The van der Waals surface area contributed by atoms with Crippen molar-refractivity contribution >= 4 is 21.6 Å². The van der Waals surface area contributed by atoms with Gasteiger partial charge < -0.3 is 10.1 Å². The lowest BCUT2D eigenvalue weighted by molar-refractivity contribution is -0.122. The molecule has 31 heavy (non-hydrogen) atoms. The second kappa shape index (κ2) is 11.7. The third-order valence-electron chi connectivity index (χ3n) is 5.27. The summed E-state index contributed by atoms with van der Waals surface area (Å²) < 4.78 is 31.9. The second-order valence-electron chi connectivity index (χ2n) is 7.81. The van der Waals surface area contributed by atoms with E-state index in [1.165, 1.54) is 0 Å². The van der Waals surface area contributed by atoms with E-state index in [-0.39, 0.29) is 5.91 Å². The van der Waals surface area contributed by atoms with Gasteiger partial charge in [0.05, 0.1) is 11.9 Å². The van der Waals surface area contributed by atoms with Crippen molar-refractivity contribution in [2.24, 2.45) is 5.92 Å². The summed E-state index contributed by atoms with van der Waals surface area (Å²) in [6, 6.07) is 15.2. The van der Waals surface area contributed by atoms with Gasteiger partial charge in [-0.25, -0.2) is 8.42 Å². The molecule has 0 spiro atoms. The predicted molar refractivity (Wildman–Crippen MR) is 126 cm³/mol. The zero-order valence-corrected chi connectivity index (χ0v) is 19.7. The molecule has 0 aliphatic heterocycles. The Balaban J connectivity index is 2.11. The molecule has 170 valence electrons. The van der Waals surface area contributed by atoms with Crippen LogP contribution in [-0.4, -0.2) is 33.2 Å². The molecule has 0 aromatic heterocycles. The Bertz CT molecular complexity index is 914. The van der Waals surface area contributed by atoms with E-state index in [1.54, 1.807) is 31.2 Å². The number of para-hydroxylation sites is 1. The number of carbonyl (C=O) groups is 1. The van der Waals surface area contributed by atoms with Crippen molar-refractivity contribution < 1.29 is 17.9 Å². The average molecular weight is 447 g/mol. The zero-order chi connectivity index (χ0) is 22.9. The van der Waals surface area contributed by atoms with Crippen LogP contribution in [0.1, 0.15) is 46.5 Å². The molecule has 0 fully saturated rings. The average Bonchev–Trinajstić information content (AvgIpc) is 2.74. The topological polar surface area (TPSA) is 75.7 Å². The summed E-state index contributed by atoms with van der Waals surface area (Å²) >= 11 is 0. The Morgan fingerprint density at radius 2 is 1.65 bits per heavy atom. The summed E-state index contributed by atoms with van der Waals surface area (Å²) in [4.78, 5) is 12.8. The Morgan fingerprint density at radius 1 is 1.03 bits per heavy atom. The van der Waals surface area contributed by atoms with Crippen molar-refractivity contribution in [3.05, 3.63) is 54.6 Å². The predicted octanol–water partition coefficient (Wildman–Crippen LogP) is 4.97. The molecule has 2 rings (SSSR count). The minimum Gasteiger partial charge on any atom is -0.457 e. The van der Waals surface area contributed by atoms with Gasteiger partial charge in [-0.15, -0.1) is 0 Å². The number of carbonyl (C=O) groups excluding carboxylic acids is 1. The van der Waals surface area contributed by atoms with Crippen LogP contribution in [0.5, 0.6) is 11.5 Å². The van der Waals surface area contributed by atoms with Crippen molar-refractivity contribution in [3.8, 4) is 11.5 Å². The summed E-state index contributed by atoms with van der Waals surface area (Å²) in [5.41, 5.74) is 0.420. The number of nitrogens with one attached hydrogen (secondary N) is 1. The number of anilines is 1. The molecular weight excluding hydrogens is 412 g/mol. The van der Waals surface area contributed by atoms with Gasteiger partial charge in [-0.2, -0.15) is 0 Å². The molecule has 0 saturated heterocycles. The highest BCUT2D eigenvalue weighted by molar-refractivity contribution is 7.92. The fraction of sp³-hybridized carbons (Fsp3) is 0.458. The van der Waals surface area contributed by atoms with Crippen LogP contribution in [0, 0.1) is 5.92 Å². The van der Waals surface area contributed by atoms with E-state index in [2.05, 4.69) is 19.2 Å². The summed E-state index contributed by atoms with van der Waals surface area (Å²) in [5.74, 6) is 1.38. The molecule has 1 N–H and O–H groups in total. The van der Waals surface area contributed by atoms with Gasteiger partial charge >= 0.3 is 0 Å². The maximum Gasteiger partial charge on any atom is 0.243 e. The zero-order valence-electron chi connectivity index (χ0n) is 18.9. The minimum atomic E-state index is -3.66. The van der Waals surface area contributed by atoms with Gasteiger partial charge in [0, 0.05) is 6.54 Å². The quantitative estimate of drug-likeness (QED) is 0.500. The van der Waals surface area contributed by atoms with Gasteiger partial charge in [0.25, 0.3) is 0 Å². The molecule has 0 radical (unpaired) electrons.